The van der Waals surface area contributed by atoms with Crippen LogP contribution in [0.15, 0.2) is 59.1 Å². The van der Waals surface area contributed by atoms with Gasteiger partial charge in [0.2, 0.25) is 0 Å². The quantitative estimate of drug-likeness (QED) is 0.615. The molecular formula is C20H15BrN2O. The molecule has 3 aromatic rings. The van der Waals surface area contributed by atoms with Gasteiger partial charge >= 0.3 is 0 Å². The molecule has 3 rings (SSSR count). The summed E-state index contributed by atoms with van der Waals surface area (Å²) in [7, 11) is 1.64. The molecule has 1 aromatic heterocycles. The minimum absolute atomic E-state index is 0.598. The highest BCUT2D eigenvalue weighted by Gasteiger charge is 2.13. The average Bonchev–Trinajstić information content (AvgIpc) is 2.61. The number of nitrogens with zero attached hydrogens (tertiary/aromatic N) is 2. The van der Waals surface area contributed by atoms with E-state index in [0.29, 0.717) is 5.56 Å². The van der Waals surface area contributed by atoms with Crippen LogP contribution in [0, 0.1) is 18.3 Å². The Kier molecular flexibility index (Phi) is 4.64. The zero-order valence-corrected chi connectivity index (χ0v) is 15.0. The fourth-order valence-corrected chi connectivity index (χ4v) is 2.84. The lowest BCUT2D eigenvalue weighted by Crippen LogP contribution is -1.96. The number of halogens is 1. The monoisotopic (exact) mass is 378 g/mol. The molecule has 118 valence electrons. The van der Waals surface area contributed by atoms with E-state index >= 15 is 0 Å². The predicted octanol–water partition coefficient (Wildman–Crippen LogP) is 5.37. The number of aromatic nitrogens is 1. The van der Waals surface area contributed by atoms with Crippen molar-refractivity contribution in [3.63, 3.8) is 0 Å². The Labute approximate surface area is 149 Å². The maximum Gasteiger partial charge on any atom is 0.118 e. The van der Waals surface area contributed by atoms with Crippen LogP contribution in [-0.2, 0) is 0 Å². The van der Waals surface area contributed by atoms with Crippen LogP contribution in [0.2, 0.25) is 0 Å². The smallest absolute Gasteiger partial charge is 0.118 e. The van der Waals surface area contributed by atoms with Crippen molar-refractivity contribution >= 4 is 15.9 Å². The Bertz CT molecular complexity index is 910. The second-order valence-electron chi connectivity index (χ2n) is 5.36. The van der Waals surface area contributed by atoms with Crippen LogP contribution in [-0.4, -0.2) is 12.1 Å². The van der Waals surface area contributed by atoms with E-state index in [-0.39, 0.29) is 0 Å². The van der Waals surface area contributed by atoms with Crippen LogP contribution < -0.4 is 4.74 Å². The molecule has 0 bridgehead atoms. The van der Waals surface area contributed by atoms with Gasteiger partial charge in [0, 0.05) is 15.6 Å². The van der Waals surface area contributed by atoms with Crippen molar-refractivity contribution in [1.82, 2.24) is 4.98 Å². The SMILES string of the molecule is COc1ccc(-c2cc(-c3ccc(Br)cc3)nc(C)c2C#N)cc1. The van der Waals surface area contributed by atoms with Crippen molar-refractivity contribution in [2.24, 2.45) is 0 Å². The molecule has 0 aliphatic rings. The minimum atomic E-state index is 0.598. The predicted molar refractivity (Wildman–Crippen MR) is 98.8 cm³/mol. The number of nitriles is 1. The van der Waals surface area contributed by atoms with Gasteiger partial charge in [-0.2, -0.15) is 5.26 Å². The van der Waals surface area contributed by atoms with Gasteiger partial charge in [-0.25, -0.2) is 0 Å². The van der Waals surface area contributed by atoms with E-state index in [0.717, 1.165) is 38.3 Å². The maximum atomic E-state index is 9.54. The summed E-state index contributed by atoms with van der Waals surface area (Å²) in [4.78, 5) is 4.60. The van der Waals surface area contributed by atoms with Crippen molar-refractivity contribution in [3.8, 4) is 34.2 Å². The molecule has 0 aliphatic carbocycles. The minimum Gasteiger partial charge on any atom is -0.497 e. The van der Waals surface area contributed by atoms with Gasteiger partial charge in [0.25, 0.3) is 0 Å². The van der Waals surface area contributed by atoms with E-state index in [1.54, 1.807) is 7.11 Å². The molecule has 0 saturated carbocycles. The number of hydrogen-bond donors (Lipinski definition) is 0. The fraction of sp³-hybridized carbons (Fsp3) is 0.100. The second-order valence-corrected chi connectivity index (χ2v) is 6.28. The van der Waals surface area contributed by atoms with E-state index in [9.17, 15) is 5.26 Å². The van der Waals surface area contributed by atoms with Gasteiger partial charge in [-0.05, 0) is 42.8 Å². The summed E-state index contributed by atoms with van der Waals surface area (Å²) in [6, 6.07) is 19.9. The molecule has 0 spiro atoms. The number of benzene rings is 2. The van der Waals surface area contributed by atoms with Crippen LogP contribution >= 0.6 is 15.9 Å². The lowest BCUT2D eigenvalue weighted by molar-refractivity contribution is 0.415. The first kappa shape index (κ1) is 16.2. The van der Waals surface area contributed by atoms with Crippen molar-refractivity contribution < 1.29 is 4.74 Å². The molecule has 0 amide bonds. The molecule has 0 N–H and O–H groups in total. The van der Waals surface area contributed by atoms with Gasteiger partial charge in [-0.15, -0.1) is 0 Å². The summed E-state index contributed by atoms with van der Waals surface area (Å²) in [5.41, 5.74) is 5.04. The Morgan fingerprint density at radius 3 is 2.21 bits per heavy atom. The van der Waals surface area contributed by atoms with Crippen molar-refractivity contribution in [1.29, 1.82) is 5.26 Å². The molecule has 24 heavy (non-hydrogen) atoms. The first-order valence-electron chi connectivity index (χ1n) is 7.44. The third-order valence-electron chi connectivity index (χ3n) is 3.85. The summed E-state index contributed by atoms with van der Waals surface area (Å²) in [5, 5.41) is 9.54. The number of pyridine rings is 1. The molecule has 0 fully saturated rings. The zero-order chi connectivity index (χ0) is 17.1. The average molecular weight is 379 g/mol. The molecule has 0 atom stereocenters. The Morgan fingerprint density at radius 2 is 1.62 bits per heavy atom. The van der Waals surface area contributed by atoms with Gasteiger partial charge in [-0.3, -0.25) is 4.98 Å². The molecule has 0 aliphatic heterocycles. The molecule has 0 saturated heterocycles. The van der Waals surface area contributed by atoms with E-state index in [2.05, 4.69) is 27.0 Å². The van der Waals surface area contributed by atoms with Crippen molar-refractivity contribution in [2.45, 2.75) is 6.92 Å². The van der Waals surface area contributed by atoms with E-state index < -0.39 is 0 Å². The first-order valence-corrected chi connectivity index (χ1v) is 8.24. The van der Waals surface area contributed by atoms with Crippen LogP contribution in [0.3, 0.4) is 0 Å². The Morgan fingerprint density at radius 1 is 1.00 bits per heavy atom. The standard InChI is InChI=1S/C20H15BrN2O/c1-13-19(12-22)18(14-5-9-17(24-2)10-6-14)11-20(23-13)15-3-7-16(21)8-4-15/h3-11H,1-2H3. The summed E-state index contributed by atoms with van der Waals surface area (Å²) in [6.45, 7) is 1.87. The molecule has 0 radical (unpaired) electrons. The van der Waals surface area contributed by atoms with Crippen LogP contribution in [0.5, 0.6) is 5.75 Å². The number of rotatable bonds is 3. The van der Waals surface area contributed by atoms with Gasteiger partial charge in [0.1, 0.15) is 11.8 Å². The lowest BCUT2D eigenvalue weighted by atomic mass is 9.97. The summed E-state index contributed by atoms with van der Waals surface area (Å²) < 4.78 is 6.23. The highest BCUT2D eigenvalue weighted by molar-refractivity contribution is 9.10. The number of methoxy groups -OCH3 is 1. The molecule has 3 nitrogen and oxygen atoms in total. The number of hydrogen-bond acceptors (Lipinski definition) is 3. The summed E-state index contributed by atoms with van der Waals surface area (Å²) in [6.07, 6.45) is 0. The lowest BCUT2D eigenvalue weighted by Gasteiger charge is -2.11. The molecule has 2 aromatic carbocycles. The van der Waals surface area contributed by atoms with Gasteiger partial charge in [0.05, 0.1) is 24.1 Å². The molecule has 4 heteroatoms. The largest absolute Gasteiger partial charge is 0.497 e. The maximum absolute atomic E-state index is 9.54. The number of ether oxygens (including phenoxy) is 1. The highest BCUT2D eigenvalue weighted by atomic mass is 79.9. The van der Waals surface area contributed by atoms with Gasteiger partial charge in [-0.1, -0.05) is 40.2 Å². The van der Waals surface area contributed by atoms with E-state index in [1.165, 1.54) is 0 Å². The van der Waals surface area contributed by atoms with Gasteiger partial charge < -0.3 is 4.74 Å². The molecule has 0 unspecified atom stereocenters. The normalized spacial score (nSPS) is 10.2. The van der Waals surface area contributed by atoms with Gasteiger partial charge in [0.15, 0.2) is 0 Å². The topological polar surface area (TPSA) is 45.9 Å². The third-order valence-corrected chi connectivity index (χ3v) is 4.38. The summed E-state index contributed by atoms with van der Waals surface area (Å²) >= 11 is 3.44. The fourth-order valence-electron chi connectivity index (χ4n) is 2.58. The van der Waals surface area contributed by atoms with E-state index in [1.807, 2.05) is 61.5 Å². The Balaban J connectivity index is 2.16. The van der Waals surface area contributed by atoms with Crippen LogP contribution in [0.25, 0.3) is 22.4 Å². The van der Waals surface area contributed by atoms with Crippen LogP contribution in [0.1, 0.15) is 11.3 Å². The highest BCUT2D eigenvalue weighted by Crippen LogP contribution is 2.31. The van der Waals surface area contributed by atoms with E-state index in [4.69, 9.17) is 4.74 Å². The zero-order valence-electron chi connectivity index (χ0n) is 13.4. The van der Waals surface area contributed by atoms with Crippen LogP contribution in [0.4, 0.5) is 0 Å². The second kappa shape index (κ2) is 6.86. The van der Waals surface area contributed by atoms with Crippen molar-refractivity contribution in [2.75, 3.05) is 7.11 Å². The third kappa shape index (κ3) is 3.17. The first-order chi connectivity index (χ1) is 11.6. The molecular weight excluding hydrogens is 364 g/mol. The summed E-state index contributed by atoms with van der Waals surface area (Å²) in [5.74, 6) is 0.788. The number of aryl methyl sites for hydroxylation is 1. The molecule has 1 heterocycles. The van der Waals surface area contributed by atoms with Crippen molar-refractivity contribution in [3.05, 3.63) is 70.3 Å². The Hall–Kier alpha value is -2.64.